The summed E-state index contributed by atoms with van der Waals surface area (Å²) < 4.78 is 6.09. The number of carbonyl (C=O) groups is 6. The Kier molecular flexibility index (Phi) is 18.2. The van der Waals surface area contributed by atoms with Gasteiger partial charge in [0.1, 0.15) is 11.8 Å². The molecule has 0 saturated heterocycles. The Bertz CT molecular complexity index is 1170. The first-order valence-electron chi connectivity index (χ1n) is 16.9. The second-order valence-corrected chi connectivity index (χ2v) is 18.6. The fraction of sp³-hybridized carbons (Fsp3) is 0.824. The summed E-state index contributed by atoms with van der Waals surface area (Å²) in [5.41, 5.74) is -3.47. The number of nitrogens with one attached hydrogen (secondary N) is 4. The summed E-state index contributed by atoms with van der Waals surface area (Å²) in [7, 11) is 10.4. The zero-order valence-electron chi connectivity index (χ0n) is 31.2. The first-order chi connectivity index (χ1) is 22.3. The van der Waals surface area contributed by atoms with Crippen LogP contribution in [0.25, 0.3) is 0 Å². The van der Waals surface area contributed by atoms with Crippen molar-refractivity contribution in [2.24, 2.45) is 10.8 Å². The van der Waals surface area contributed by atoms with Crippen LogP contribution in [-0.4, -0.2) is 115 Å². The van der Waals surface area contributed by atoms with Crippen molar-refractivity contribution < 1.29 is 33.5 Å². The molecule has 0 aliphatic heterocycles. The molecule has 0 spiro atoms. The number of ether oxygens (including phenoxy) is 1. The molecule has 15 heteroatoms. The predicted molar refractivity (Wildman–Crippen MR) is 200 cm³/mol. The van der Waals surface area contributed by atoms with Crippen LogP contribution in [0.1, 0.15) is 101 Å². The SMILES string of the molecule is [B]C(=O)CNC(=O)C(CSC1CCC1SCC(NC(C)(C)C)C(=O)NCC([B])=O)NC(=O)C(C)(C)CCOC(C)(C)CCC(=O)C(C)(C)C. The topological polar surface area (TPSA) is 160 Å². The molecular weight excluding hydrogens is 662 g/mol. The Balaban J connectivity index is 2.82. The Morgan fingerprint density at radius 3 is 1.63 bits per heavy atom. The van der Waals surface area contributed by atoms with Gasteiger partial charge >= 0.3 is 0 Å². The maximum absolute atomic E-state index is 13.5. The summed E-state index contributed by atoms with van der Waals surface area (Å²) in [6.07, 6.45) is 3.20. The molecule has 0 aromatic rings. The molecule has 4 atom stereocenters. The van der Waals surface area contributed by atoms with Crippen LogP contribution in [0.15, 0.2) is 0 Å². The molecule has 1 aliphatic rings. The number of rotatable bonds is 22. The smallest absolute Gasteiger partial charge is 0.243 e. The van der Waals surface area contributed by atoms with Gasteiger partial charge in [0.05, 0.1) is 36.1 Å². The number of Topliss-reactive ketones (excluding diaryl/α,β-unsaturated/α-hetero) is 1. The molecule has 1 saturated carbocycles. The molecule has 4 N–H and O–H groups in total. The zero-order chi connectivity index (χ0) is 37.8. The van der Waals surface area contributed by atoms with Crippen LogP contribution in [0.4, 0.5) is 0 Å². The van der Waals surface area contributed by atoms with E-state index in [1.807, 2.05) is 55.4 Å². The average molecular weight is 721 g/mol. The predicted octanol–water partition coefficient (Wildman–Crippen LogP) is 2.45. The van der Waals surface area contributed by atoms with Crippen molar-refractivity contribution >= 4 is 74.1 Å². The van der Waals surface area contributed by atoms with Crippen molar-refractivity contribution in [2.75, 3.05) is 31.2 Å². The number of hydrogen-bond donors (Lipinski definition) is 4. The first-order valence-corrected chi connectivity index (χ1v) is 19.0. The number of ketones is 1. The molecule has 1 fully saturated rings. The van der Waals surface area contributed by atoms with Crippen molar-refractivity contribution in [3.63, 3.8) is 0 Å². The van der Waals surface area contributed by atoms with E-state index in [-0.39, 0.29) is 59.1 Å². The van der Waals surface area contributed by atoms with Crippen molar-refractivity contribution in [3.8, 4) is 0 Å². The third-order valence-electron chi connectivity index (χ3n) is 8.15. The number of thioether (sulfide) groups is 2. The van der Waals surface area contributed by atoms with Gasteiger partial charge in [-0.25, -0.2) is 0 Å². The van der Waals surface area contributed by atoms with E-state index in [1.54, 1.807) is 37.4 Å². The van der Waals surface area contributed by atoms with Crippen molar-refractivity contribution in [1.82, 2.24) is 21.3 Å². The molecule has 11 nitrogen and oxygen atoms in total. The van der Waals surface area contributed by atoms with Gasteiger partial charge in [0.15, 0.2) is 15.7 Å². The lowest BCUT2D eigenvalue weighted by Crippen LogP contribution is -2.54. The average Bonchev–Trinajstić information content (AvgIpc) is 2.94. The third-order valence-corrected chi connectivity index (χ3v) is 11.4. The molecule has 49 heavy (non-hydrogen) atoms. The van der Waals surface area contributed by atoms with E-state index in [9.17, 15) is 28.8 Å². The highest BCUT2D eigenvalue weighted by Crippen LogP contribution is 2.40. The van der Waals surface area contributed by atoms with Crippen molar-refractivity contribution in [3.05, 3.63) is 0 Å². The monoisotopic (exact) mass is 720 g/mol. The second kappa shape index (κ2) is 19.7. The van der Waals surface area contributed by atoms with Gasteiger partial charge in [-0.15, -0.1) is 0 Å². The quantitative estimate of drug-likeness (QED) is 0.123. The molecule has 4 radical (unpaired) electrons. The minimum Gasteiger partial charge on any atom is -0.376 e. The third kappa shape index (κ3) is 18.3. The molecule has 274 valence electrons. The summed E-state index contributed by atoms with van der Waals surface area (Å²) in [5.74, 6) is -0.202. The molecule has 1 aliphatic carbocycles. The standard InChI is InChI=1S/C34H58B2N4O7S2/c1-31(2,3)25(41)13-14-34(9,10)47-16-15-33(7,8)30(46)39-21(28(44)37-17-26(35)42)19-48-23-11-12-24(23)49-20-22(40-32(4,5)6)29(45)38-18-27(36)43/h21-24,40H,11-20H2,1-10H3,(H,37,44)(H,38,45)(H,39,46). The normalized spacial score (nSPS) is 18.1. The van der Waals surface area contributed by atoms with Gasteiger partial charge in [-0.05, 0) is 60.3 Å². The molecule has 0 bridgehead atoms. The highest BCUT2D eigenvalue weighted by atomic mass is 32.2. The maximum atomic E-state index is 13.5. The Labute approximate surface area is 305 Å². The van der Waals surface area contributed by atoms with Gasteiger partial charge in [-0.3, -0.25) is 19.2 Å². The van der Waals surface area contributed by atoms with E-state index in [0.717, 1.165) is 12.8 Å². The molecular formula is C34H58B2N4O7S2. The minimum atomic E-state index is -0.905. The fourth-order valence-electron chi connectivity index (χ4n) is 4.65. The minimum absolute atomic E-state index is 0.167. The van der Waals surface area contributed by atoms with Crippen LogP contribution in [-0.2, 0) is 33.5 Å². The molecule has 4 unspecified atom stereocenters. The highest BCUT2D eigenvalue weighted by Gasteiger charge is 2.37. The number of hydrogen-bond acceptors (Lipinski definition) is 10. The highest BCUT2D eigenvalue weighted by molar-refractivity contribution is 8.04. The van der Waals surface area contributed by atoms with Crippen LogP contribution in [0, 0.1) is 10.8 Å². The van der Waals surface area contributed by atoms with Gasteiger partial charge in [-0.2, -0.15) is 23.5 Å². The van der Waals surface area contributed by atoms with Gasteiger partial charge in [0, 0.05) is 51.4 Å². The van der Waals surface area contributed by atoms with E-state index >= 15 is 0 Å². The van der Waals surface area contributed by atoms with Gasteiger partial charge < -0.3 is 35.6 Å². The maximum Gasteiger partial charge on any atom is 0.243 e. The lowest BCUT2D eigenvalue weighted by molar-refractivity contribution is -0.135. The van der Waals surface area contributed by atoms with Crippen molar-refractivity contribution in [2.45, 2.75) is 135 Å². The molecule has 0 heterocycles. The van der Waals surface area contributed by atoms with E-state index in [2.05, 4.69) is 21.3 Å². The van der Waals surface area contributed by atoms with E-state index < -0.39 is 45.8 Å². The number of amides is 3. The summed E-state index contributed by atoms with van der Waals surface area (Å²) in [6, 6.07) is -1.44. The summed E-state index contributed by atoms with van der Waals surface area (Å²) >= 11 is 3.22. The lowest BCUT2D eigenvalue weighted by atomic mass is 9.86. The van der Waals surface area contributed by atoms with Gasteiger partial charge in [-0.1, -0.05) is 34.6 Å². The molecule has 0 aromatic heterocycles. The first kappa shape index (κ1) is 45.2. The van der Waals surface area contributed by atoms with Gasteiger partial charge in [0.25, 0.3) is 0 Å². The fourth-order valence-corrected chi connectivity index (χ4v) is 7.78. The van der Waals surface area contributed by atoms with Crippen molar-refractivity contribution in [1.29, 1.82) is 0 Å². The van der Waals surface area contributed by atoms with Crippen LogP contribution in [0.3, 0.4) is 0 Å². The van der Waals surface area contributed by atoms with Gasteiger partial charge in [0.2, 0.25) is 17.7 Å². The molecule has 0 aromatic carbocycles. The number of carbonyl (C=O) groups excluding carboxylic acids is 6. The van der Waals surface area contributed by atoms with Crippen LogP contribution in [0.5, 0.6) is 0 Å². The summed E-state index contributed by atoms with van der Waals surface area (Å²) in [4.78, 5) is 74.3. The second-order valence-electron chi connectivity index (χ2n) is 16.1. The van der Waals surface area contributed by atoms with Crippen LogP contribution in [0.2, 0.25) is 0 Å². The Hall–Kier alpha value is -1.83. The summed E-state index contributed by atoms with van der Waals surface area (Å²) in [6.45, 7) is 18.7. The van der Waals surface area contributed by atoms with Crippen LogP contribution >= 0.6 is 23.5 Å². The van der Waals surface area contributed by atoms with E-state index in [4.69, 9.17) is 20.4 Å². The largest absolute Gasteiger partial charge is 0.376 e. The Morgan fingerprint density at radius 1 is 0.735 bits per heavy atom. The zero-order valence-corrected chi connectivity index (χ0v) is 32.8. The van der Waals surface area contributed by atoms with E-state index in [0.29, 0.717) is 25.0 Å². The molecule has 3 amide bonds. The van der Waals surface area contributed by atoms with E-state index in [1.165, 1.54) is 0 Å². The van der Waals surface area contributed by atoms with Crippen LogP contribution < -0.4 is 21.3 Å². The molecule has 1 rings (SSSR count). The lowest BCUT2D eigenvalue weighted by Gasteiger charge is -2.38. The Morgan fingerprint density at radius 2 is 1.20 bits per heavy atom. The summed E-state index contributed by atoms with van der Waals surface area (Å²) in [5, 5.41) is 11.7.